The molecule has 0 aliphatic heterocycles. The normalized spacial score (nSPS) is 21.1. The minimum Gasteiger partial charge on any atom is -0.379 e. The van der Waals surface area contributed by atoms with Crippen molar-refractivity contribution in [3.05, 3.63) is 11.6 Å². The van der Waals surface area contributed by atoms with Crippen LogP contribution >= 0.6 is 11.6 Å². The number of hydrogen-bond donors (Lipinski definition) is 2. The van der Waals surface area contributed by atoms with Crippen LogP contribution in [0, 0.1) is 0 Å². The van der Waals surface area contributed by atoms with Crippen molar-refractivity contribution in [3.63, 3.8) is 0 Å². The second kappa shape index (κ2) is 9.13. The van der Waals surface area contributed by atoms with Gasteiger partial charge in [0.25, 0.3) is 0 Å². The smallest absolute Gasteiger partial charge is 0.304 e. The second-order valence-corrected chi connectivity index (χ2v) is 8.22. The van der Waals surface area contributed by atoms with Crippen molar-refractivity contribution < 1.29 is 13.5 Å². The van der Waals surface area contributed by atoms with Crippen LogP contribution in [0.1, 0.15) is 58.8 Å². The Balaban J connectivity index is 2.43. The molecule has 0 saturated heterocycles. The van der Waals surface area contributed by atoms with Gasteiger partial charge in [-0.3, -0.25) is 0 Å². The maximum Gasteiger partial charge on any atom is 0.304 e. The van der Waals surface area contributed by atoms with Gasteiger partial charge in [0, 0.05) is 0 Å². The number of sulfonamides is 1. The molecule has 0 amide bonds. The van der Waals surface area contributed by atoms with Crippen LogP contribution < -0.4 is 4.63 Å². The first-order valence-electron chi connectivity index (χ1n) is 7.26. The Morgan fingerprint density at radius 3 is 2.40 bits per heavy atom. The molecule has 1 aliphatic carbocycles. The molecule has 0 aromatic rings. The molecule has 115 valence electrons. The number of nitrogens with one attached hydrogen (secondary N) is 1. The number of hydrogen-bond acceptors (Lipinski definition) is 4. The molecule has 1 aliphatic rings. The lowest BCUT2D eigenvalue weighted by Gasteiger charge is -2.20. The van der Waals surface area contributed by atoms with Crippen LogP contribution in [0.3, 0.4) is 0 Å². The highest BCUT2D eigenvalue weighted by Crippen LogP contribution is 2.22. The van der Waals surface area contributed by atoms with Gasteiger partial charge in [-0.1, -0.05) is 38.2 Å². The zero-order valence-electron chi connectivity index (χ0n) is 12.3. The molecular formula is C13H25BNO3S2. The maximum atomic E-state index is 12.2. The molecule has 1 radical (unpaired) electrons. The van der Waals surface area contributed by atoms with Crippen LogP contribution in [-0.4, -0.2) is 30.9 Å². The first kappa shape index (κ1) is 18.1. The lowest BCUT2D eigenvalue weighted by molar-refractivity contribution is 0.299. The van der Waals surface area contributed by atoms with E-state index in [-0.39, 0.29) is 5.25 Å². The molecule has 2 N–H and O–H groups in total. The first-order chi connectivity index (χ1) is 9.47. The van der Waals surface area contributed by atoms with Gasteiger partial charge in [0.1, 0.15) is 5.44 Å². The minimum absolute atomic E-state index is 0.292. The SMILES string of the molecule is CC=C(C)C(O)S[B]NS(=O)(=O)C1CCCCCCC1. The molecule has 0 spiro atoms. The molecule has 0 heterocycles. The lowest BCUT2D eigenvalue weighted by atomic mass is 10.0. The largest absolute Gasteiger partial charge is 0.379 e. The van der Waals surface area contributed by atoms with Gasteiger partial charge < -0.3 is 5.11 Å². The van der Waals surface area contributed by atoms with Gasteiger partial charge in [-0.25, -0.2) is 13.1 Å². The van der Waals surface area contributed by atoms with E-state index in [2.05, 4.69) is 4.63 Å². The van der Waals surface area contributed by atoms with Gasteiger partial charge in [0.15, 0.2) is 0 Å². The summed E-state index contributed by atoms with van der Waals surface area (Å²) in [6.45, 7) is 5.05. The van der Waals surface area contributed by atoms with Gasteiger partial charge in [0.05, 0.1) is 5.25 Å². The number of aliphatic hydroxyl groups excluding tert-OH is 1. The van der Waals surface area contributed by atoms with Crippen molar-refractivity contribution in [2.45, 2.75) is 69.5 Å². The topological polar surface area (TPSA) is 66.4 Å². The molecule has 4 nitrogen and oxygen atoms in total. The van der Waals surface area contributed by atoms with Gasteiger partial charge in [0.2, 0.25) is 10.0 Å². The van der Waals surface area contributed by atoms with Crippen molar-refractivity contribution in [2.75, 3.05) is 0 Å². The summed E-state index contributed by atoms with van der Waals surface area (Å²) in [5.74, 6) is 0. The standard InChI is InChI=1S/C13H25BNO3S2/c1-3-11(2)13(16)19-14-15-20(17,18)12-9-7-5-4-6-8-10-12/h3,12-13,15-16H,4-10H2,1-2H3. The Bertz CT molecular complexity index is 404. The summed E-state index contributed by atoms with van der Waals surface area (Å²) < 4.78 is 26.9. The molecule has 20 heavy (non-hydrogen) atoms. The van der Waals surface area contributed by atoms with E-state index in [4.69, 9.17) is 0 Å². The summed E-state index contributed by atoms with van der Waals surface area (Å²) in [5, 5.41) is 9.44. The molecule has 1 rings (SSSR count). The highest BCUT2D eigenvalue weighted by molar-refractivity contribution is 8.23. The third kappa shape index (κ3) is 6.20. The average molecular weight is 318 g/mol. The Hall–Kier alpha value is 0.0249. The van der Waals surface area contributed by atoms with Crippen molar-refractivity contribution in [3.8, 4) is 0 Å². The van der Waals surface area contributed by atoms with E-state index < -0.39 is 15.5 Å². The zero-order chi connectivity index (χ0) is 15.0. The van der Waals surface area contributed by atoms with E-state index in [9.17, 15) is 13.5 Å². The Kier molecular flexibility index (Phi) is 8.25. The van der Waals surface area contributed by atoms with Crippen LogP contribution in [0.5, 0.6) is 0 Å². The number of aliphatic hydroxyl groups is 1. The van der Waals surface area contributed by atoms with Crippen molar-refractivity contribution >= 4 is 28.3 Å². The summed E-state index contributed by atoms with van der Waals surface area (Å²) in [4.78, 5) is 0. The quantitative estimate of drug-likeness (QED) is 0.449. The monoisotopic (exact) mass is 318 g/mol. The summed E-state index contributed by atoms with van der Waals surface area (Å²) in [7, 11) is -3.31. The third-order valence-electron chi connectivity index (χ3n) is 3.75. The van der Waals surface area contributed by atoms with Crippen LogP contribution in [-0.2, 0) is 10.0 Å². The summed E-state index contributed by atoms with van der Waals surface area (Å²) >= 11 is 1.08. The van der Waals surface area contributed by atoms with Crippen LogP contribution in [0.4, 0.5) is 0 Å². The predicted octanol–water partition coefficient (Wildman–Crippen LogP) is 2.57. The van der Waals surface area contributed by atoms with E-state index in [0.29, 0.717) is 0 Å². The molecule has 0 bridgehead atoms. The minimum atomic E-state index is -3.31. The van der Waals surface area contributed by atoms with Gasteiger partial charge in [-0.05, 0) is 32.3 Å². The van der Waals surface area contributed by atoms with Gasteiger partial charge >= 0.3 is 6.69 Å². The van der Waals surface area contributed by atoms with E-state index in [1.807, 2.05) is 19.9 Å². The summed E-state index contributed by atoms with van der Waals surface area (Å²) in [6, 6.07) is 0. The predicted molar refractivity (Wildman–Crippen MR) is 86.9 cm³/mol. The van der Waals surface area contributed by atoms with Crippen LogP contribution in [0.25, 0.3) is 0 Å². The molecule has 0 aromatic heterocycles. The van der Waals surface area contributed by atoms with Crippen LogP contribution in [0.15, 0.2) is 11.6 Å². The van der Waals surface area contributed by atoms with Crippen LogP contribution in [0.2, 0.25) is 0 Å². The molecule has 1 saturated carbocycles. The molecule has 1 atom stereocenters. The van der Waals surface area contributed by atoms with E-state index in [1.54, 1.807) is 0 Å². The third-order valence-corrected chi connectivity index (χ3v) is 6.57. The Labute approximate surface area is 128 Å². The summed E-state index contributed by atoms with van der Waals surface area (Å²) in [6.07, 6.45) is 8.74. The molecule has 1 unspecified atom stereocenters. The van der Waals surface area contributed by atoms with Crippen molar-refractivity contribution in [1.82, 2.24) is 4.63 Å². The number of allylic oxidation sites excluding steroid dienone is 1. The fraction of sp³-hybridized carbons (Fsp3) is 0.846. The lowest BCUT2D eigenvalue weighted by Crippen LogP contribution is -2.36. The van der Waals surface area contributed by atoms with E-state index >= 15 is 0 Å². The first-order valence-corrected chi connectivity index (χ1v) is 9.75. The average Bonchev–Trinajstić information content (AvgIpc) is 2.36. The van der Waals surface area contributed by atoms with Crippen molar-refractivity contribution in [1.29, 1.82) is 0 Å². The summed E-state index contributed by atoms with van der Waals surface area (Å²) in [5.41, 5.74) is 0.122. The second-order valence-electron chi connectivity index (χ2n) is 5.27. The molecule has 0 aromatic carbocycles. The Morgan fingerprint density at radius 1 is 1.30 bits per heavy atom. The number of rotatable bonds is 6. The van der Waals surface area contributed by atoms with Gasteiger partial charge in [-0.15, -0.1) is 0 Å². The van der Waals surface area contributed by atoms with E-state index in [1.165, 1.54) is 13.1 Å². The molecular weight excluding hydrogens is 293 g/mol. The highest BCUT2D eigenvalue weighted by atomic mass is 32.2. The van der Waals surface area contributed by atoms with E-state index in [0.717, 1.165) is 55.7 Å². The Morgan fingerprint density at radius 2 is 1.85 bits per heavy atom. The molecule has 1 fully saturated rings. The highest BCUT2D eigenvalue weighted by Gasteiger charge is 2.25. The zero-order valence-corrected chi connectivity index (χ0v) is 14.0. The van der Waals surface area contributed by atoms with Crippen molar-refractivity contribution in [2.24, 2.45) is 0 Å². The maximum absolute atomic E-state index is 12.2. The fourth-order valence-electron chi connectivity index (χ4n) is 2.23. The van der Waals surface area contributed by atoms with Gasteiger partial charge in [-0.2, -0.15) is 11.6 Å². The fourth-order valence-corrected chi connectivity index (χ4v) is 4.62. The molecule has 7 heteroatoms.